The Balaban J connectivity index is 2.89. The van der Waals surface area contributed by atoms with Crippen molar-refractivity contribution in [2.75, 3.05) is 26.5 Å². The standard InChI is InChI=1S/C17H30N6S/c1-7-9-15(20-11-21-18)22-13(4)16-12(3)10-24-17(23(16)6)14(8-2)19-5/h1,8,14-15,17,19-22H,2,4,9-11,18H2,3,5-6H3. The second kappa shape index (κ2) is 10.4. The van der Waals surface area contributed by atoms with Crippen molar-refractivity contribution < 1.29 is 0 Å². The van der Waals surface area contributed by atoms with Gasteiger partial charge in [-0.2, -0.15) is 0 Å². The van der Waals surface area contributed by atoms with Crippen LogP contribution in [0.4, 0.5) is 0 Å². The molecule has 0 aromatic carbocycles. The number of terminal acetylenes is 1. The lowest BCUT2D eigenvalue weighted by Crippen LogP contribution is -2.50. The summed E-state index contributed by atoms with van der Waals surface area (Å²) in [5.41, 5.74) is 5.82. The molecule has 0 bridgehead atoms. The van der Waals surface area contributed by atoms with Crippen molar-refractivity contribution in [2.45, 2.75) is 30.9 Å². The van der Waals surface area contributed by atoms with Gasteiger partial charge in [-0.1, -0.05) is 12.7 Å². The average Bonchev–Trinajstić information content (AvgIpc) is 2.55. The molecule has 0 fully saturated rings. The molecule has 1 rings (SSSR count). The Labute approximate surface area is 150 Å². The number of nitrogens with zero attached hydrogens (tertiary/aromatic N) is 1. The van der Waals surface area contributed by atoms with E-state index in [0.717, 1.165) is 17.1 Å². The fourth-order valence-corrected chi connectivity index (χ4v) is 4.10. The predicted octanol–water partition coefficient (Wildman–Crippen LogP) is 0.502. The van der Waals surface area contributed by atoms with Gasteiger partial charge in [-0.15, -0.1) is 30.7 Å². The first kappa shape index (κ1) is 20.6. The van der Waals surface area contributed by atoms with E-state index < -0.39 is 0 Å². The van der Waals surface area contributed by atoms with Gasteiger partial charge in [0.2, 0.25) is 0 Å². The van der Waals surface area contributed by atoms with Crippen LogP contribution < -0.4 is 27.2 Å². The number of likely N-dealkylation sites (N-methyl/N-ethyl adjacent to an activating group) is 2. The number of hydrogen-bond acceptors (Lipinski definition) is 7. The topological polar surface area (TPSA) is 77.4 Å². The fraction of sp³-hybridized carbons (Fsp3) is 0.529. The minimum absolute atomic E-state index is 0.0974. The number of thioether (sulfide) groups is 1. The predicted molar refractivity (Wildman–Crippen MR) is 105 cm³/mol. The van der Waals surface area contributed by atoms with Crippen LogP contribution in [0.1, 0.15) is 13.3 Å². The lowest BCUT2D eigenvalue weighted by molar-refractivity contribution is 0.340. The first-order chi connectivity index (χ1) is 11.5. The molecular formula is C17H30N6S. The molecule has 1 aliphatic rings. The van der Waals surface area contributed by atoms with Crippen LogP contribution in [0.3, 0.4) is 0 Å². The first-order valence-electron chi connectivity index (χ1n) is 7.90. The van der Waals surface area contributed by atoms with Gasteiger partial charge in [0.15, 0.2) is 0 Å². The van der Waals surface area contributed by atoms with Crippen LogP contribution >= 0.6 is 11.8 Å². The van der Waals surface area contributed by atoms with Crippen LogP contribution in [0, 0.1) is 12.3 Å². The Morgan fingerprint density at radius 2 is 2.33 bits per heavy atom. The molecule has 3 atom stereocenters. The van der Waals surface area contributed by atoms with Crippen molar-refractivity contribution >= 4 is 11.8 Å². The molecule has 0 saturated heterocycles. The zero-order valence-corrected chi connectivity index (χ0v) is 15.7. The van der Waals surface area contributed by atoms with E-state index in [1.54, 1.807) is 0 Å². The van der Waals surface area contributed by atoms with E-state index in [4.69, 9.17) is 12.3 Å². The summed E-state index contributed by atoms with van der Waals surface area (Å²) in [7, 11) is 4.03. The maximum atomic E-state index is 5.45. The van der Waals surface area contributed by atoms with Crippen LogP contribution in [0.2, 0.25) is 0 Å². The van der Waals surface area contributed by atoms with E-state index in [2.05, 4.69) is 59.3 Å². The quantitative estimate of drug-likeness (QED) is 0.129. The Morgan fingerprint density at radius 3 is 2.88 bits per heavy atom. The van der Waals surface area contributed by atoms with E-state index in [1.165, 1.54) is 5.57 Å². The van der Waals surface area contributed by atoms with E-state index in [-0.39, 0.29) is 17.6 Å². The summed E-state index contributed by atoms with van der Waals surface area (Å²) in [4.78, 5) is 2.25. The first-order valence-corrected chi connectivity index (χ1v) is 8.95. The summed E-state index contributed by atoms with van der Waals surface area (Å²) in [6.45, 7) is 10.7. The molecule has 24 heavy (non-hydrogen) atoms. The maximum absolute atomic E-state index is 5.45. The highest BCUT2D eigenvalue weighted by Crippen LogP contribution is 2.33. The SMILES string of the molecule is C#CCC(NCNN)NC(=C)C1=C(C)CSC(C(C=C)NC)N1C. The van der Waals surface area contributed by atoms with Crippen molar-refractivity contribution in [1.82, 2.24) is 26.3 Å². The van der Waals surface area contributed by atoms with Crippen LogP contribution in [0.5, 0.6) is 0 Å². The lowest BCUT2D eigenvalue weighted by Gasteiger charge is -2.41. The van der Waals surface area contributed by atoms with Crippen LogP contribution in [0.15, 0.2) is 36.2 Å². The van der Waals surface area contributed by atoms with Crippen LogP contribution in [-0.4, -0.2) is 49.0 Å². The average molecular weight is 351 g/mol. The van der Waals surface area contributed by atoms with Gasteiger partial charge in [0.05, 0.1) is 35.6 Å². The monoisotopic (exact) mass is 350 g/mol. The number of rotatable bonds is 10. The van der Waals surface area contributed by atoms with Gasteiger partial charge in [0, 0.05) is 19.2 Å². The van der Waals surface area contributed by atoms with E-state index in [1.807, 2.05) is 24.9 Å². The summed E-state index contributed by atoms with van der Waals surface area (Å²) in [6.07, 6.45) is 7.83. The Morgan fingerprint density at radius 1 is 1.62 bits per heavy atom. The Kier molecular flexibility index (Phi) is 8.97. The molecule has 3 unspecified atom stereocenters. The largest absolute Gasteiger partial charge is 0.368 e. The van der Waals surface area contributed by atoms with Gasteiger partial charge in [-0.3, -0.25) is 11.2 Å². The molecule has 0 aromatic heterocycles. The fourth-order valence-electron chi connectivity index (χ4n) is 2.76. The summed E-state index contributed by atoms with van der Waals surface area (Å²) >= 11 is 1.89. The van der Waals surface area contributed by atoms with Gasteiger partial charge >= 0.3 is 0 Å². The maximum Gasteiger partial charge on any atom is 0.0939 e. The number of nitrogens with one attached hydrogen (secondary N) is 4. The smallest absolute Gasteiger partial charge is 0.0939 e. The number of nitrogens with two attached hydrogens (primary N) is 1. The van der Waals surface area contributed by atoms with Crippen molar-refractivity contribution in [3.8, 4) is 12.3 Å². The third-order valence-electron chi connectivity index (χ3n) is 3.91. The molecule has 1 heterocycles. The number of hydrogen-bond donors (Lipinski definition) is 5. The van der Waals surface area contributed by atoms with Crippen molar-refractivity contribution in [3.63, 3.8) is 0 Å². The van der Waals surface area contributed by atoms with Gasteiger partial charge in [0.1, 0.15) is 0 Å². The molecular weight excluding hydrogens is 320 g/mol. The highest BCUT2D eigenvalue weighted by Gasteiger charge is 2.30. The third kappa shape index (κ3) is 5.30. The Bertz CT molecular complexity index is 510. The summed E-state index contributed by atoms with van der Waals surface area (Å²) in [6, 6.07) is 0.192. The summed E-state index contributed by atoms with van der Waals surface area (Å²) in [5.74, 6) is 8.94. The van der Waals surface area contributed by atoms with Crippen molar-refractivity contribution in [2.24, 2.45) is 5.84 Å². The van der Waals surface area contributed by atoms with Crippen molar-refractivity contribution in [1.29, 1.82) is 0 Å². The molecule has 0 amide bonds. The molecule has 0 aromatic rings. The summed E-state index contributed by atoms with van der Waals surface area (Å²) < 4.78 is 0. The minimum Gasteiger partial charge on any atom is -0.368 e. The minimum atomic E-state index is -0.0974. The molecule has 0 aliphatic carbocycles. The highest BCUT2D eigenvalue weighted by molar-refractivity contribution is 8.00. The number of hydrazine groups is 1. The highest BCUT2D eigenvalue weighted by atomic mass is 32.2. The van der Waals surface area contributed by atoms with Crippen LogP contribution in [0.25, 0.3) is 0 Å². The van der Waals surface area contributed by atoms with Gasteiger partial charge in [-0.25, -0.2) is 5.43 Å². The molecule has 0 spiro atoms. The van der Waals surface area contributed by atoms with E-state index in [9.17, 15) is 0 Å². The van der Waals surface area contributed by atoms with E-state index >= 15 is 0 Å². The zero-order chi connectivity index (χ0) is 18.1. The third-order valence-corrected chi connectivity index (χ3v) is 5.46. The van der Waals surface area contributed by atoms with Gasteiger partial charge < -0.3 is 15.5 Å². The van der Waals surface area contributed by atoms with Crippen molar-refractivity contribution in [3.05, 3.63) is 36.2 Å². The normalized spacial score (nSPS) is 20.3. The van der Waals surface area contributed by atoms with Crippen LogP contribution in [-0.2, 0) is 0 Å². The van der Waals surface area contributed by atoms with Gasteiger partial charge in [0.25, 0.3) is 0 Å². The zero-order valence-electron chi connectivity index (χ0n) is 14.9. The van der Waals surface area contributed by atoms with E-state index in [0.29, 0.717) is 13.1 Å². The molecule has 6 nitrogen and oxygen atoms in total. The second-order valence-corrected chi connectivity index (χ2v) is 6.77. The molecule has 1 aliphatic heterocycles. The lowest BCUT2D eigenvalue weighted by atomic mass is 10.1. The van der Waals surface area contributed by atoms with Gasteiger partial charge in [-0.05, 0) is 19.5 Å². The molecule has 7 heteroatoms. The molecule has 6 N–H and O–H groups in total. The summed E-state index contributed by atoms with van der Waals surface area (Å²) in [5, 5.41) is 10.1. The molecule has 0 radical (unpaired) electrons. The molecule has 0 saturated carbocycles. The Hall–Kier alpha value is -1.43. The second-order valence-electron chi connectivity index (χ2n) is 5.66. The molecule has 134 valence electrons.